The lowest BCUT2D eigenvalue weighted by atomic mass is 9.91. The Morgan fingerprint density at radius 1 is 0.609 bits per heavy atom. The first-order valence-electron chi connectivity index (χ1n) is 9.15. The lowest BCUT2D eigenvalue weighted by Crippen LogP contribution is -2.00. The summed E-state index contributed by atoms with van der Waals surface area (Å²) >= 11 is 0. The third kappa shape index (κ3) is 3.53. The Kier molecular flexibility index (Phi) is 3.90. The fraction of sp³-hybridized carbons (Fsp3) is 0.217. The molecule has 0 bridgehead atoms. The predicted molar refractivity (Wildman–Crippen MR) is 99.1 cm³/mol. The summed E-state index contributed by atoms with van der Waals surface area (Å²) < 4.78 is 16.0. The van der Waals surface area contributed by atoms with Gasteiger partial charge in [-0.05, 0) is 72.6 Å². The Morgan fingerprint density at radius 2 is 1.04 bits per heavy atom. The highest BCUT2D eigenvalue weighted by atomic mass is 14.1. The average molecular weight is 304 g/mol. The summed E-state index contributed by atoms with van der Waals surface area (Å²) in [6.07, 6.45) is 1.71. The van der Waals surface area contributed by atoms with Crippen LogP contribution in [0.4, 0.5) is 0 Å². The van der Waals surface area contributed by atoms with Crippen LogP contribution in [0, 0.1) is 20.8 Å². The Morgan fingerprint density at radius 3 is 1.52 bits per heavy atom. The third-order valence-corrected chi connectivity index (χ3v) is 4.67. The average Bonchev–Trinajstić information content (AvgIpc) is 2.59. The van der Waals surface area contributed by atoms with Gasteiger partial charge in [-0.3, -0.25) is 0 Å². The van der Waals surface area contributed by atoms with Crippen molar-refractivity contribution >= 4 is 0 Å². The first kappa shape index (κ1) is 13.1. The van der Waals surface area contributed by atoms with E-state index in [1.54, 1.807) is 0 Å². The highest BCUT2D eigenvalue weighted by molar-refractivity contribution is 5.42. The number of benzene rings is 3. The van der Waals surface area contributed by atoms with Crippen molar-refractivity contribution in [3.05, 3.63) is 106 Å². The van der Waals surface area contributed by atoms with Gasteiger partial charge in [0.15, 0.2) is 0 Å². The van der Waals surface area contributed by atoms with Crippen LogP contribution < -0.4 is 0 Å². The minimum atomic E-state index is 0.606. The van der Waals surface area contributed by atoms with Crippen molar-refractivity contribution in [2.45, 2.75) is 33.6 Å². The minimum absolute atomic E-state index is 0.606. The molecule has 0 aliphatic carbocycles. The smallest absolute Gasteiger partial charge is 0.0620 e. The van der Waals surface area contributed by atoms with Crippen LogP contribution in [0.1, 0.15) is 41.7 Å². The largest absolute Gasteiger partial charge is 0.0626 e. The maximum absolute atomic E-state index is 8.00. The summed E-state index contributed by atoms with van der Waals surface area (Å²) in [5, 5.41) is 0. The van der Waals surface area contributed by atoms with Gasteiger partial charge >= 0.3 is 0 Å². The van der Waals surface area contributed by atoms with Crippen LogP contribution in [0.3, 0.4) is 0 Å². The van der Waals surface area contributed by atoms with Crippen LogP contribution in [0.5, 0.6) is 0 Å². The standard InChI is InChI=1S/C23H24/c1-17-9-4-6-11-20(17)15-22-13-8-14-23(19(22)3)16-21-12-7-5-10-18(21)2/h4-14H,15-16H2,1-3H3/i9T,10T. The molecule has 0 atom stereocenters. The summed E-state index contributed by atoms with van der Waals surface area (Å²) in [6.45, 7) is 6.24. The summed E-state index contributed by atoms with van der Waals surface area (Å²) in [6, 6.07) is 19.6. The molecule has 116 valence electrons. The second kappa shape index (κ2) is 6.83. The summed E-state index contributed by atoms with van der Waals surface area (Å²) in [5.41, 5.74) is 8.49. The van der Waals surface area contributed by atoms with Gasteiger partial charge in [0.05, 0.1) is 2.74 Å². The molecule has 0 radical (unpaired) electrons. The van der Waals surface area contributed by atoms with E-state index in [2.05, 4.69) is 37.3 Å². The zero-order chi connectivity index (χ0) is 18.0. The van der Waals surface area contributed by atoms with Gasteiger partial charge in [-0.1, -0.05) is 66.7 Å². The van der Waals surface area contributed by atoms with Gasteiger partial charge in [0.2, 0.25) is 0 Å². The van der Waals surface area contributed by atoms with E-state index in [-0.39, 0.29) is 0 Å². The third-order valence-electron chi connectivity index (χ3n) is 4.67. The molecule has 23 heavy (non-hydrogen) atoms. The Bertz CT molecular complexity index is 838. The van der Waals surface area contributed by atoms with Crippen LogP contribution in [0.2, 0.25) is 0 Å². The van der Waals surface area contributed by atoms with E-state index >= 15 is 0 Å². The highest BCUT2D eigenvalue weighted by Crippen LogP contribution is 2.22. The van der Waals surface area contributed by atoms with Crippen molar-refractivity contribution in [3.63, 3.8) is 0 Å². The molecule has 0 heterocycles. The van der Waals surface area contributed by atoms with E-state index in [9.17, 15) is 0 Å². The van der Waals surface area contributed by atoms with Gasteiger partial charge in [-0.2, -0.15) is 0 Å². The van der Waals surface area contributed by atoms with E-state index in [4.69, 9.17) is 2.74 Å². The molecule has 0 aromatic heterocycles. The highest BCUT2D eigenvalue weighted by Gasteiger charge is 2.08. The molecule has 0 fully saturated rings. The van der Waals surface area contributed by atoms with Gasteiger partial charge in [0.1, 0.15) is 0 Å². The van der Waals surface area contributed by atoms with Crippen molar-refractivity contribution in [2.24, 2.45) is 0 Å². The number of hydrogen-bond donors (Lipinski definition) is 0. The number of rotatable bonds is 4. The molecule has 0 saturated carbocycles. The Hall–Kier alpha value is -2.34. The zero-order valence-corrected chi connectivity index (χ0v) is 14.1. The van der Waals surface area contributed by atoms with E-state index in [0.29, 0.717) is 12.1 Å². The van der Waals surface area contributed by atoms with Crippen LogP contribution >= 0.6 is 0 Å². The topological polar surface area (TPSA) is 0 Å². The van der Waals surface area contributed by atoms with E-state index in [1.165, 1.54) is 27.8 Å². The summed E-state index contributed by atoms with van der Waals surface area (Å²) in [7, 11) is 0. The van der Waals surface area contributed by atoms with Gasteiger partial charge in [0.25, 0.3) is 0 Å². The fourth-order valence-electron chi connectivity index (χ4n) is 3.02. The molecule has 3 aromatic rings. The van der Waals surface area contributed by atoms with Gasteiger partial charge in [0, 0.05) is 0 Å². The van der Waals surface area contributed by atoms with Gasteiger partial charge in [-0.15, -0.1) is 0 Å². The first-order chi connectivity index (χ1) is 12.0. The normalized spacial score (nSPS) is 12.0. The van der Waals surface area contributed by atoms with E-state index in [0.717, 1.165) is 24.0 Å². The molecule has 0 saturated heterocycles. The molecule has 0 aliphatic rings. The van der Waals surface area contributed by atoms with Crippen LogP contribution in [0.15, 0.2) is 66.7 Å². The maximum atomic E-state index is 8.00. The lowest BCUT2D eigenvalue weighted by Gasteiger charge is -2.14. The van der Waals surface area contributed by atoms with Crippen LogP contribution in [0.25, 0.3) is 0 Å². The molecule has 3 aromatic carbocycles. The molecule has 0 spiro atoms. The van der Waals surface area contributed by atoms with Crippen molar-refractivity contribution in [2.75, 3.05) is 0 Å². The van der Waals surface area contributed by atoms with Crippen LogP contribution in [-0.4, -0.2) is 0 Å². The quantitative estimate of drug-likeness (QED) is 0.572. The van der Waals surface area contributed by atoms with Crippen molar-refractivity contribution < 1.29 is 2.74 Å². The Balaban J connectivity index is 1.92. The second-order valence-corrected chi connectivity index (χ2v) is 6.20. The molecule has 0 N–H and O–H groups in total. The van der Waals surface area contributed by atoms with E-state index < -0.39 is 0 Å². The fourth-order valence-corrected chi connectivity index (χ4v) is 3.02. The van der Waals surface area contributed by atoms with Crippen molar-refractivity contribution in [3.8, 4) is 0 Å². The molecule has 0 amide bonds. The zero-order valence-electron chi connectivity index (χ0n) is 16.1. The predicted octanol–water partition coefficient (Wildman–Crippen LogP) is 5.79. The van der Waals surface area contributed by atoms with Crippen molar-refractivity contribution in [1.29, 1.82) is 0 Å². The van der Waals surface area contributed by atoms with E-state index in [1.807, 2.05) is 38.1 Å². The molecular weight excluding hydrogens is 276 g/mol. The minimum Gasteiger partial charge on any atom is -0.0620 e. The summed E-state index contributed by atoms with van der Waals surface area (Å²) in [5.74, 6) is 0. The lowest BCUT2D eigenvalue weighted by molar-refractivity contribution is 1.07. The summed E-state index contributed by atoms with van der Waals surface area (Å²) in [4.78, 5) is 0. The van der Waals surface area contributed by atoms with Crippen molar-refractivity contribution in [1.82, 2.24) is 0 Å². The number of hydrogen-bond acceptors (Lipinski definition) is 0. The van der Waals surface area contributed by atoms with Crippen LogP contribution in [-0.2, 0) is 12.8 Å². The molecule has 0 aliphatic heterocycles. The monoisotopic (exact) mass is 304 g/mol. The molecule has 3 rings (SSSR count). The SMILES string of the molecule is [3H]c1cccc(Cc2cccc(Cc3cccc([3H])c3C)c2C)c1C. The second-order valence-electron chi connectivity index (χ2n) is 6.20. The molecule has 0 nitrogen and oxygen atoms in total. The van der Waals surface area contributed by atoms with Gasteiger partial charge < -0.3 is 0 Å². The van der Waals surface area contributed by atoms with Gasteiger partial charge in [-0.25, -0.2) is 0 Å². The maximum Gasteiger partial charge on any atom is 0.0626 e. The molecule has 0 unspecified atom stereocenters. The Labute approximate surface area is 142 Å². The first-order valence-corrected chi connectivity index (χ1v) is 8.15. The molecular formula is C23H24. The molecule has 0 heteroatoms.